The lowest BCUT2D eigenvalue weighted by Crippen LogP contribution is -2.42. The van der Waals surface area contributed by atoms with Gasteiger partial charge in [0, 0.05) is 6.42 Å². The number of hydrogen-bond acceptors (Lipinski definition) is 1. The first-order valence-corrected chi connectivity index (χ1v) is 12.0. The van der Waals surface area contributed by atoms with Crippen LogP contribution in [0.5, 0.6) is 0 Å². The molecule has 28 heavy (non-hydrogen) atoms. The number of nitrogens with zero attached hydrogens (tertiary/aromatic N) is 1. The van der Waals surface area contributed by atoms with Crippen molar-refractivity contribution in [1.82, 2.24) is 0 Å². The summed E-state index contributed by atoms with van der Waals surface area (Å²) >= 11 is 0. The van der Waals surface area contributed by atoms with Gasteiger partial charge >= 0.3 is 0 Å². The molecule has 0 saturated heterocycles. The molecule has 2 nitrogen and oxygen atoms in total. The van der Waals surface area contributed by atoms with Crippen LogP contribution < -0.4 is 0 Å². The van der Waals surface area contributed by atoms with E-state index in [1.165, 1.54) is 115 Å². The molecule has 2 heteroatoms. The molecule has 0 unspecified atom stereocenters. The standard InChI is InChI=1S/C26H48N.H2O/c1-4-5-6-7-8-9-10-11-12-13-14-15-16-20-24-27(2,3)25-23-26-21-18-17-19-22-26;/h17-19,21-22H,4-16,20,23-25H2,1-3H3;1H2/q+1;/p-1. The highest BCUT2D eigenvalue weighted by molar-refractivity contribution is 5.14. The summed E-state index contributed by atoms with van der Waals surface area (Å²) in [6.07, 6.45) is 21.4. The summed E-state index contributed by atoms with van der Waals surface area (Å²) in [4.78, 5) is 0. The molecule has 0 amide bonds. The van der Waals surface area contributed by atoms with Gasteiger partial charge in [0.1, 0.15) is 0 Å². The van der Waals surface area contributed by atoms with Gasteiger partial charge in [-0.1, -0.05) is 114 Å². The number of rotatable bonds is 18. The topological polar surface area (TPSA) is 30.0 Å². The molecule has 164 valence electrons. The zero-order valence-corrected chi connectivity index (χ0v) is 19.3. The highest BCUT2D eigenvalue weighted by atomic mass is 16.0. The summed E-state index contributed by atoms with van der Waals surface area (Å²) in [5.74, 6) is 0. The predicted octanol–water partition coefficient (Wildman–Crippen LogP) is 7.61. The second-order valence-corrected chi connectivity index (χ2v) is 9.21. The number of benzene rings is 1. The Hall–Kier alpha value is -0.860. The average molecular weight is 392 g/mol. The molecule has 1 aromatic rings. The summed E-state index contributed by atoms with van der Waals surface area (Å²) in [5.41, 5.74) is 1.48. The SMILES string of the molecule is CCCCCCCCCCCCCCCC[N+](C)(C)CCc1ccccc1.[OH-]. The Balaban J connectivity index is 0.00000729. The van der Waals surface area contributed by atoms with Crippen LogP contribution in [0.1, 0.15) is 102 Å². The van der Waals surface area contributed by atoms with Crippen molar-refractivity contribution in [2.75, 3.05) is 27.2 Å². The van der Waals surface area contributed by atoms with Crippen molar-refractivity contribution >= 4 is 0 Å². The van der Waals surface area contributed by atoms with E-state index >= 15 is 0 Å². The largest absolute Gasteiger partial charge is 0.870 e. The van der Waals surface area contributed by atoms with Crippen LogP contribution in [0, 0.1) is 0 Å². The van der Waals surface area contributed by atoms with Gasteiger partial charge in [0.15, 0.2) is 0 Å². The maximum atomic E-state index is 2.39. The summed E-state index contributed by atoms with van der Waals surface area (Å²) in [6, 6.07) is 10.9. The predicted molar refractivity (Wildman–Crippen MR) is 124 cm³/mol. The molecule has 0 aliphatic rings. The maximum absolute atomic E-state index is 2.39. The molecule has 0 bridgehead atoms. The van der Waals surface area contributed by atoms with Crippen LogP contribution in [0.4, 0.5) is 0 Å². The normalized spacial score (nSPS) is 11.4. The zero-order chi connectivity index (χ0) is 19.6. The smallest absolute Gasteiger partial charge is 0.0823 e. The molecule has 0 fully saturated rings. The number of hydrogen-bond donors (Lipinski definition) is 0. The van der Waals surface area contributed by atoms with Crippen molar-refractivity contribution in [3.05, 3.63) is 35.9 Å². The molecular weight excluding hydrogens is 342 g/mol. The lowest BCUT2D eigenvalue weighted by Gasteiger charge is -2.30. The first-order chi connectivity index (χ1) is 13.1. The Morgan fingerprint density at radius 1 is 0.571 bits per heavy atom. The van der Waals surface area contributed by atoms with Crippen molar-refractivity contribution in [2.24, 2.45) is 0 Å². The van der Waals surface area contributed by atoms with Gasteiger partial charge in [0.2, 0.25) is 0 Å². The van der Waals surface area contributed by atoms with Crippen LogP contribution >= 0.6 is 0 Å². The van der Waals surface area contributed by atoms with E-state index in [0.717, 1.165) is 4.48 Å². The minimum atomic E-state index is 0. The third-order valence-corrected chi connectivity index (χ3v) is 5.97. The van der Waals surface area contributed by atoms with Crippen LogP contribution in [0.3, 0.4) is 0 Å². The highest BCUT2D eigenvalue weighted by Gasteiger charge is 2.14. The van der Waals surface area contributed by atoms with Crippen molar-refractivity contribution in [1.29, 1.82) is 0 Å². The minimum Gasteiger partial charge on any atom is -0.870 e. The van der Waals surface area contributed by atoms with Crippen LogP contribution in [-0.2, 0) is 6.42 Å². The van der Waals surface area contributed by atoms with Gasteiger partial charge in [-0.25, -0.2) is 0 Å². The molecule has 1 aromatic carbocycles. The second kappa shape index (κ2) is 18.2. The van der Waals surface area contributed by atoms with Crippen LogP contribution in [-0.4, -0.2) is 37.1 Å². The molecule has 1 N–H and O–H groups in total. The maximum Gasteiger partial charge on any atom is 0.0823 e. The molecule has 0 saturated carbocycles. The minimum absolute atomic E-state index is 0. The summed E-state index contributed by atoms with van der Waals surface area (Å²) in [7, 11) is 4.79. The monoisotopic (exact) mass is 391 g/mol. The lowest BCUT2D eigenvalue weighted by atomic mass is 10.0. The quantitative estimate of drug-likeness (QED) is 0.187. The molecule has 0 aromatic heterocycles. The first kappa shape index (κ1) is 27.1. The number of likely N-dealkylation sites (N-methyl/N-ethyl adjacent to an activating group) is 1. The third kappa shape index (κ3) is 16.1. The van der Waals surface area contributed by atoms with Crippen LogP contribution in [0.2, 0.25) is 0 Å². The third-order valence-electron chi connectivity index (χ3n) is 5.97. The van der Waals surface area contributed by atoms with Gasteiger partial charge < -0.3 is 9.96 Å². The molecule has 0 aliphatic carbocycles. The Morgan fingerprint density at radius 2 is 1.00 bits per heavy atom. The summed E-state index contributed by atoms with van der Waals surface area (Å²) in [6.45, 7) is 4.87. The highest BCUT2D eigenvalue weighted by Crippen LogP contribution is 2.14. The average Bonchev–Trinajstić information content (AvgIpc) is 2.67. The summed E-state index contributed by atoms with van der Waals surface area (Å²) < 4.78 is 1.16. The molecule has 1 rings (SSSR count). The van der Waals surface area contributed by atoms with Gasteiger partial charge in [-0.15, -0.1) is 0 Å². The molecule has 0 spiro atoms. The van der Waals surface area contributed by atoms with E-state index in [2.05, 4.69) is 51.4 Å². The fourth-order valence-electron chi connectivity index (χ4n) is 3.92. The van der Waals surface area contributed by atoms with E-state index in [1.54, 1.807) is 0 Å². The van der Waals surface area contributed by atoms with Crippen LogP contribution in [0.15, 0.2) is 30.3 Å². The van der Waals surface area contributed by atoms with E-state index in [4.69, 9.17) is 0 Å². The van der Waals surface area contributed by atoms with Crippen molar-refractivity contribution < 1.29 is 9.96 Å². The van der Waals surface area contributed by atoms with E-state index in [-0.39, 0.29) is 5.48 Å². The fraction of sp³-hybridized carbons (Fsp3) is 0.769. The van der Waals surface area contributed by atoms with Gasteiger partial charge in [0.05, 0.1) is 27.2 Å². The van der Waals surface area contributed by atoms with Gasteiger partial charge in [-0.3, -0.25) is 0 Å². The van der Waals surface area contributed by atoms with Crippen LogP contribution in [0.25, 0.3) is 0 Å². The van der Waals surface area contributed by atoms with E-state index < -0.39 is 0 Å². The molecular formula is C26H49NO. The molecule has 0 radical (unpaired) electrons. The Kier molecular flexibility index (Phi) is 17.6. The molecule has 0 atom stereocenters. The summed E-state index contributed by atoms with van der Waals surface area (Å²) in [5, 5.41) is 0. The van der Waals surface area contributed by atoms with Crippen molar-refractivity contribution in [2.45, 2.75) is 103 Å². The molecule has 0 heterocycles. The van der Waals surface area contributed by atoms with Crippen molar-refractivity contribution in [3.63, 3.8) is 0 Å². The Labute approximate surface area is 176 Å². The Morgan fingerprint density at radius 3 is 1.46 bits per heavy atom. The number of quaternary nitrogens is 1. The molecule has 0 aliphatic heterocycles. The van der Waals surface area contributed by atoms with E-state index in [0.29, 0.717) is 0 Å². The lowest BCUT2D eigenvalue weighted by molar-refractivity contribution is -0.890. The first-order valence-electron chi connectivity index (χ1n) is 12.0. The van der Waals surface area contributed by atoms with Gasteiger partial charge in [-0.05, 0) is 18.4 Å². The number of unbranched alkanes of at least 4 members (excludes halogenated alkanes) is 13. The fourth-order valence-corrected chi connectivity index (χ4v) is 3.92. The van der Waals surface area contributed by atoms with E-state index in [1.807, 2.05) is 0 Å². The van der Waals surface area contributed by atoms with E-state index in [9.17, 15) is 0 Å². The second-order valence-electron chi connectivity index (χ2n) is 9.21. The zero-order valence-electron chi connectivity index (χ0n) is 19.3. The van der Waals surface area contributed by atoms with Crippen molar-refractivity contribution in [3.8, 4) is 0 Å². The van der Waals surface area contributed by atoms with Gasteiger partial charge in [-0.2, -0.15) is 0 Å². The van der Waals surface area contributed by atoms with Gasteiger partial charge in [0.25, 0.3) is 0 Å². The Bertz CT molecular complexity index is 429.